The van der Waals surface area contributed by atoms with Crippen LogP contribution in [0.25, 0.3) is 11.3 Å². The standard InChI is InChI=1S/C18H17F2N3O2/c1-25-16-6-5-13(7-11(16)10-24)21-8-12-9-22-23-18(12)17-14(19)3-2-4-15(17)20/h2-7,9,21,24H,8,10H2,1H3,(H,22,23). The maximum Gasteiger partial charge on any atom is 0.135 e. The third-order valence-electron chi connectivity index (χ3n) is 3.86. The average Bonchev–Trinajstić information content (AvgIpc) is 3.07. The molecule has 3 aromatic rings. The lowest BCUT2D eigenvalue weighted by atomic mass is 10.1. The zero-order chi connectivity index (χ0) is 17.8. The van der Waals surface area contributed by atoms with Gasteiger partial charge in [0.05, 0.1) is 31.2 Å². The van der Waals surface area contributed by atoms with E-state index in [1.54, 1.807) is 18.2 Å². The summed E-state index contributed by atoms with van der Waals surface area (Å²) >= 11 is 0. The Labute approximate surface area is 143 Å². The molecule has 0 aliphatic heterocycles. The molecular weight excluding hydrogens is 328 g/mol. The first-order chi connectivity index (χ1) is 12.1. The zero-order valence-corrected chi connectivity index (χ0v) is 13.5. The van der Waals surface area contributed by atoms with E-state index in [4.69, 9.17) is 4.74 Å². The lowest BCUT2D eigenvalue weighted by Gasteiger charge is -2.11. The number of ether oxygens (including phenoxy) is 1. The van der Waals surface area contributed by atoms with Crippen molar-refractivity contribution in [2.24, 2.45) is 0 Å². The molecule has 25 heavy (non-hydrogen) atoms. The van der Waals surface area contributed by atoms with Crippen molar-refractivity contribution in [3.8, 4) is 17.0 Å². The van der Waals surface area contributed by atoms with Crippen LogP contribution in [-0.4, -0.2) is 22.4 Å². The highest BCUT2D eigenvalue weighted by Gasteiger charge is 2.16. The molecule has 0 spiro atoms. The van der Waals surface area contributed by atoms with E-state index in [-0.39, 0.29) is 12.2 Å². The van der Waals surface area contributed by atoms with Gasteiger partial charge in [-0.1, -0.05) is 6.07 Å². The van der Waals surface area contributed by atoms with Crippen LogP contribution >= 0.6 is 0 Å². The Balaban J connectivity index is 1.83. The lowest BCUT2D eigenvalue weighted by Crippen LogP contribution is -2.02. The van der Waals surface area contributed by atoms with E-state index in [0.29, 0.717) is 29.1 Å². The second-order valence-electron chi connectivity index (χ2n) is 5.41. The van der Waals surface area contributed by atoms with Gasteiger partial charge >= 0.3 is 0 Å². The number of aromatic nitrogens is 2. The van der Waals surface area contributed by atoms with Gasteiger partial charge in [0, 0.05) is 23.4 Å². The summed E-state index contributed by atoms with van der Waals surface area (Å²) in [6.45, 7) is 0.146. The van der Waals surface area contributed by atoms with Crippen LogP contribution in [-0.2, 0) is 13.2 Å². The molecule has 0 amide bonds. The Hall–Kier alpha value is -2.93. The maximum atomic E-state index is 14.0. The number of benzene rings is 2. The number of rotatable bonds is 6. The molecule has 0 saturated carbocycles. The Morgan fingerprint density at radius 3 is 2.60 bits per heavy atom. The summed E-state index contributed by atoms with van der Waals surface area (Å²) in [6.07, 6.45) is 1.52. The van der Waals surface area contributed by atoms with E-state index in [2.05, 4.69) is 15.5 Å². The van der Waals surface area contributed by atoms with Crippen molar-refractivity contribution >= 4 is 5.69 Å². The van der Waals surface area contributed by atoms with Gasteiger partial charge in [0.25, 0.3) is 0 Å². The molecule has 0 bridgehead atoms. The van der Waals surface area contributed by atoms with Crippen molar-refractivity contribution < 1.29 is 18.6 Å². The van der Waals surface area contributed by atoms with Gasteiger partial charge in [0.1, 0.15) is 17.4 Å². The smallest absolute Gasteiger partial charge is 0.135 e. The largest absolute Gasteiger partial charge is 0.496 e. The highest BCUT2D eigenvalue weighted by molar-refractivity contribution is 5.64. The molecule has 7 heteroatoms. The molecule has 0 unspecified atom stereocenters. The van der Waals surface area contributed by atoms with Crippen LogP contribution < -0.4 is 10.1 Å². The summed E-state index contributed by atoms with van der Waals surface area (Å²) in [6, 6.07) is 9.00. The molecule has 130 valence electrons. The van der Waals surface area contributed by atoms with Crippen LogP contribution in [0.4, 0.5) is 14.5 Å². The highest BCUT2D eigenvalue weighted by atomic mass is 19.1. The van der Waals surface area contributed by atoms with Crippen molar-refractivity contribution in [3.63, 3.8) is 0 Å². The molecule has 0 aliphatic carbocycles. The molecule has 1 aromatic heterocycles. The first-order valence-electron chi connectivity index (χ1n) is 7.62. The van der Waals surface area contributed by atoms with Gasteiger partial charge in [-0.15, -0.1) is 0 Å². The molecule has 0 saturated heterocycles. The van der Waals surface area contributed by atoms with Crippen LogP contribution in [0.3, 0.4) is 0 Å². The summed E-state index contributed by atoms with van der Waals surface area (Å²) in [7, 11) is 1.53. The molecule has 3 N–H and O–H groups in total. The van der Waals surface area contributed by atoms with E-state index in [1.165, 1.54) is 31.5 Å². The Bertz CT molecular complexity index is 860. The minimum Gasteiger partial charge on any atom is -0.496 e. The van der Waals surface area contributed by atoms with Gasteiger partial charge in [-0.05, 0) is 30.3 Å². The van der Waals surface area contributed by atoms with Gasteiger partial charge in [-0.2, -0.15) is 5.10 Å². The normalized spacial score (nSPS) is 10.7. The van der Waals surface area contributed by atoms with Crippen molar-refractivity contribution in [1.82, 2.24) is 10.2 Å². The van der Waals surface area contributed by atoms with E-state index in [9.17, 15) is 13.9 Å². The van der Waals surface area contributed by atoms with Crippen LogP contribution in [0.1, 0.15) is 11.1 Å². The molecular formula is C18H17F2N3O2. The van der Waals surface area contributed by atoms with Gasteiger partial charge < -0.3 is 15.2 Å². The van der Waals surface area contributed by atoms with Crippen molar-refractivity contribution in [1.29, 1.82) is 0 Å². The number of nitrogens with one attached hydrogen (secondary N) is 2. The Kier molecular flexibility index (Phi) is 4.95. The van der Waals surface area contributed by atoms with E-state index >= 15 is 0 Å². The van der Waals surface area contributed by atoms with Crippen molar-refractivity contribution in [2.45, 2.75) is 13.2 Å². The number of nitrogens with zero attached hydrogens (tertiary/aromatic N) is 1. The number of aromatic amines is 1. The van der Waals surface area contributed by atoms with Crippen LogP contribution in [0.5, 0.6) is 5.75 Å². The van der Waals surface area contributed by atoms with E-state index in [1.807, 2.05) is 0 Å². The molecule has 0 aliphatic rings. The number of aliphatic hydroxyl groups is 1. The maximum absolute atomic E-state index is 14.0. The first-order valence-corrected chi connectivity index (χ1v) is 7.62. The lowest BCUT2D eigenvalue weighted by molar-refractivity contribution is 0.274. The number of aliphatic hydroxyl groups excluding tert-OH is 1. The molecule has 0 fully saturated rings. The third-order valence-corrected chi connectivity index (χ3v) is 3.86. The molecule has 0 radical (unpaired) electrons. The third kappa shape index (κ3) is 3.46. The molecule has 0 atom stereocenters. The van der Waals surface area contributed by atoms with Crippen LogP contribution in [0, 0.1) is 11.6 Å². The second-order valence-corrected chi connectivity index (χ2v) is 5.41. The van der Waals surface area contributed by atoms with Gasteiger partial charge in [-0.25, -0.2) is 8.78 Å². The molecule has 1 heterocycles. The predicted molar refractivity (Wildman–Crippen MR) is 90.2 cm³/mol. The fourth-order valence-corrected chi connectivity index (χ4v) is 2.61. The highest BCUT2D eigenvalue weighted by Crippen LogP contribution is 2.28. The molecule has 2 aromatic carbocycles. The summed E-state index contributed by atoms with van der Waals surface area (Å²) in [5.41, 5.74) is 2.15. The van der Waals surface area contributed by atoms with Gasteiger partial charge in [0.15, 0.2) is 0 Å². The monoisotopic (exact) mass is 345 g/mol. The Morgan fingerprint density at radius 1 is 1.16 bits per heavy atom. The number of hydrogen-bond acceptors (Lipinski definition) is 4. The predicted octanol–water partition coefficient (Wildman–Crippen LogP) is 3.47. The van der Waals surface area contributed by atoms with Crippen LogP contribution in [0.15, 0.2) is 42.6 Å². The second kappa shape index (κ2) is 7.31. The number of methoxy groups -OCH3 is 1. The van der Waals surface area contributed by atoms with Gasteiger partial charge in [-0.3, -0.25) is 5.10 Å². The fourth-order valence-electron chi connectivity index (χ4n) is 2.61. The summed E-state index contributed by atoms with van der Waals surface area (Å²) in [5.74, 6) is -0.722. The molecule has 3 rings (SSSR count). The molecule has 5 nitrogen and oxygen atoms in total. The fraction of sp³-hybridized carbons (Fsp3) is 0.167. The number of anilines is 1. The van der Waals surface area contributed by atoms with Crippen molar-refractivity contribution in [3.05, 3.63) is 65.4 Å². The summed E-state index contributed by atoms with van der Waals surface area (Å²) < 4.78 is 33.1. The van der Waals surface area contributed by atoms with E-state index < -0.39 is 11.6 Å². The van der Waals surface area contributed by atoms with Gasteiger partial charge in [0.2, 0.25) is 0 Å². The van der Waals surface area contributed by atoms with E-state index in [0.717, 1.165) is 5.69 Å². The first kappa shape index (κ1) is 16.9. The van der Waals surface area contributed by atoms with Crippen LogP contribution in [0.2, 0.25) is 0 Å². The number of halogens is 2. The quantitative estimate of drug-likeness (QED) is 0.640. The number of hydrogen-bond donors (Lipinski definition) is 3. The summed E-state index contributed by atoms with van der Waals surface area (Å²) in [4.78, 5) is 0. The van der Waals surface area contributed by atoms with Crippen molar-refractivity contribution in [2.75, 3.05) is 12.4 Å². The number of H-pyrrole nitrogens is 1. The SMILES string of the molecule is COc1ccc(NCc2cn[nH]c2-c2c(F)cccc2F)cc1CO. The minimum absolute atomic E-state index is 0.137. The Morgan fingerprint density at radius 2 is 1.92 bits per heavy atom. The topological polar surface area (TPSA) is 70.2 Å². The summed E-state index contributed by atoms with van der Waals surface area (Å²) in [5, 5.41) is 19.1. The zero-order valence-electron chi connectivity index (χ0n) is 13.5. The minimum atomic E-state index is -0.655. The average molecular weight is 345 g/mol.